The quantitative estimate of drug-likeness (QED) is 0.134. The van der Waals surface area contributed by atoms with E-state index in [1.807, 2.05) is 0 Å². The average molecular weight is 352 g/mol. The molecule has 0 atom stereocenters. The van der Waals surface area contributed by atoms with Gasteiger partial charge in [-0.3, -0.25) is 18.0 Å². The van der Waals surface area contributed by atoms with E-state index >= 15 is 0 Å². The summed E-state index contributed by atoms with van der Waals surface area (Å²) in [7, 11) is -5.17. The van der Waals surface area contributed by atoms with Gasteiger partial charge in [-0.2, -0.15) is 0 Å². The van der Waals surface area contributed by atoms with Gasteiger partial charge in [0.2, 0.25) is 0 Å². The van der Waals surface area contributed by atoms with Crippen molar-refractivity contribution in [2.45, 2.75) is 13.8 Å². The summed E-state index contributed by atoms with van der Waals surface area (Å²) in [5.41, 5.74) is 0. The summed E-state index contributed by atoms with van der Waals surface area (Å²) < 4.78 is 38.1. The summed E-state index contributed by atoms with van der Waals surface area (Å²) in [5.74, 6) is -1.12. The van der Waals surface area contributed by atoms with Gasteiger partial charge in [-0.1, -0.05) is 0 Å². The third-order valence-corrected chi connectivity index (χ3v) is 0.287. The molecule has 0 aliphatic rings. The molecule has 0 bridgehead atoms. The molecule has 0 spiro atoms. The van der Waals surface area contributed by atoms with Crippen molar-refractivity contribution in [1.82, 2.24) is 0 Å². The average Bonchev–Trinajstić information content (AvgIpc) is 1.52. The molecule has 14 heteroatoms. The molecule has 1 radical (unpaired) electrons. The molecule has 0 aromatic rings. The van der Waals surface area contributed by atoms with Crippen LogP contribution in [0.3, 0.4) is 0 Å². The maximum Gasteiger partial charge on any atom is 2.00 e. The molecule has 12 nitrogen and oxygen atoms in total. The minimum Gasteiger partial charge on any atom is -0.759 e. The van der Waals surface area contributed by atoms with E-state index in [0.29, 0.717) is 0 Å². The zero-order valence-electron chi connectivity index (χ0n) is 9.07. The van der Waals surface area contributed by atoms with Gasteiger partial charge < -0.3 is 41.2 Å². The Balaban J connectivity index is -0.0000000142. The van der Waals surface area contributed by atoms with Crippen molar-refractivity contribution in [1.29, 1.82) is 0 Å². The van der Waals surface area contributed by atoms with E-state index in [0.717, 1.165) is 0 Å². The van der Waals surface area contributed by atoms with Crippen LogP contribution in [-0.2, 0) is 41.8 Å². The van der Waals surface area contributed by atoms with Crippen molar-refractivity contribution in [2.75, 3.05) is 0 Å². The van der Waals surface area contributed by atoms with E-state index < -0.39 is 22.3 Å². The van der Waals surface area contributed by atoms with Gasteiger partial charge in [-0.15, -0.1) is 0 Å². The van der Waals surface area contributed by atoms with E-state index in [4.69, 9.17) is 17.5 Å². The maximum absolute atomic E-state index is 9.81. The Hall–Kier alpha value is -0.671. The standard InChI is InChI=1S/C4H6O3.Cu.H2O4S.5H2O/c1-3(5)7-4(2)6;;1-5(2,3)4;;;;;/h1-2H3;;(H2,1,2,3,4);5*1H2/q;+2;;;;;;/p-2. The second-order valence-corrected chi connectivity index (χ2v) is 2.31. The fourth-order valence-corrected chi connectivity index (χ4v) is 0.202. The molecule has 0 aromatic carbocycles. The maximum atomic E-state index is 9.81. The third kappa shape index (κ3) is 284. The number of carbonyl (C=O) groups excluding carboxylic acids is 2. The fraction of sp³-hybridized carbons (Fsp3) is 0.500. The first-order valence-electron chi connectivity index (χ1n) is 2.48. The van der Waals surface area contributed by atoms with Crippen LogP contribution in [0, 0.1) is 0 Å². The van der Waals surface area contributed by atoms with Crippen molar-refractivity contribution in [2.24, 2.45) is 0 Å². The first kappa shape index (κ1) is 53.1. The van der Waals surface area contributed by atoms with E-state index in [-0.39, 0.29) is 44.4 Å². The number of hydrogen-bond acceptors (Lipinski definition) is 7. The molecule has 0 unspecified atom stereocenters. The molecule has 0 saturated heterocycles. The molecule has 18 heavy (non-hydrogen) atoms. The van der Waals surface area contributed by atoms with Crippen LogP contribution >= 0.6 is 0 Å². The molecular formula is C4H16CuO12S. The number of rotatable bonds is 0. The van der Waals surface area contributed by atoms with Crippen LogP contribution in [0.5, 0.6) is 0 Å². The number of hydrogen-bond donors (Lipinski definition) is 0. The molecule has 0 saturated carbocycles. The van der Waals surface area contributed by atoms with Gasteiger partial charge in [0.25, 0.3) is 0 Å². The summed E-state index contributed by atoms with van der Waals surface area (Å²) in [6, 6.07) is 0. The SMILES string of the molecule is CC(=O)OC(C)=O.O.O.O.O.O.O=S(=O)([O-])[O-].[Cu+2]. The van der Waals surface area contributed by atoms with E-state index in [1.165, 1.54) is 13.8 Å². The van der Waals surface area contributed by atoms with E-state index in [2.05, 4.69) is 4.74 Å². The van der Waals surface area contributed by atoms with Crippen molar-refractivity contribution in [3.63, 3.8) is 0 Å². The zero-order valence-corrected chi connectivity index (χ0v) is 10.8. The van der Waals surface area contributed by atoms with Crippen LogP contribution in [0.2, 0.25) is 0 Å². The largest absolute Gasteiger partial charge is 2.00 e. The summed E-state index contributed by atoms with van der Waals surface area (Å²) in [6.07, 6.45) is 0. The van der Waals surface area contributed by atoms with Crippen LogP contribution in [-0.4, -0.2) is 56.8 Å². The Bertz CT molecular complexity index is 239. The van der Waals surface area contributed by atoms with Crippen LogP contribution in [0.1, 0.15) is 13.8 Å². The number of ether oxygens (including phenoxy) is 1. The monoisotopic (exact) mass is 351 g/mol. The number of carbonyl (C=O) groups is 2. The smallest absolute Gasteiger partial charge is 0.759 e. The third-order valence-electron chi connectivity index (χ3n) is 0.287. The molecule has 121 valence electrons. The predicted molar refractivity (Wildman–Crippen MR) is 51.0 cm³/mol. The Morgan fingerprint density at radius 2 is 0.944 bits per heavy atom. The van der Waals surface area contributed by atoms with Crippen LogP contribution in [0.15, 0.2) is 0 Å². The molecule has 0 aliphatic carbocycles. The molecule has 0 aliphatic heterocycles. The number of esters is 2. The molecule has 0 rings (SSSR count). The first-order chi connectivity index (χ1) is 5.13. The molecule has 0 amide bonds. The van der Waals surface area contributed by atoms with Gasteiger partial charge >= 0.3 is 29.0 Å². The molecular weight excluding hydrogens is 336 g/mol. The summed E-state index contributed by atoms with van der Waals surface area (Å²) in [4.78, 5) is 19.6. The normalized spacial score (nSPS) is 6.22. The molecule has 0 heterocycles. The first-order valence-corrected chi connectivity index (χ1v) is 3.82. The van der Waals surface area contributed by atoms with E-state index in [9.17, 15) is 9.59 Å². The van der Waals surface area contributed by atoms with Crippen LogP contribution in [0.4, 0.5) is 0 Å². The van der Waals surface area contributed by atoms with Gasteiger partial charge in [0.05, 0.1) is 0 Å². The summed E-state index contributed by atoms with van der Waals surface area (Å²) >= 11 is 0. The van der Waals surface area contributed by atoms with Gasteiger partial charge in [-0.05, 0) is 0 Å². The topological polar surface area (TPSA) is 281 Å². The van der Waals surface area contributed by atoms with Crippen LogP contribution < -0.4 is 0 Å². The minimum atomic E-state index is -5.17. The fourth-order valence-electron chi connectivity index (χ4n) is 0.202. The Morgan fingerprint density at radius 3 is 0.944 bits per heavy atom. The van der Waals surface area contributed by atoms with Crippen molar-refractivity contribution >= 4 is 22.3 Å². The Kier molecular flexibility index (Phi) is 74.5. The van der Waals surface area contributed by atoms with Gasteiger partial charge in [0.15, 0.2) is 0 Å². The van der Waals surface area contributed by atoms with Crippen molar-refractivity contribution in [3.05, 3.63) is 0 Å². The Labute approximate surface area is 113 Å². The van der Waals surface area contributed by atoms with Crippen molar-refractivity contribution < 1.29 is 76.3 Å². The Morgan fingerprint density at radius 1 is 0.833 bits per heavy atom. The second kappa shape index (κ2) is 25.2. The van der Waals surface area contributed by atoms with Crippen LogP contribution in [0.25, 0.3) is 0 Å². The molecule has 0 aromatic heterocycles. The second-order valence-electron chi connectivity index (χ2n) is 1.49. The summed E-state index contributed by atoms with van der Waals surface area (Å²) in [5, 5.41) is 0. The van der Waals surface area contributed by atoms with Gasteiger partial charge in [0.1, 0.15) is 0 Å². The predicted octanol–water partition coefficient (Wildman–Crippen LogP) is -5.37. The zero-order chi connectivity index (χ0) is 10.4. The molecule has 10 N–H and O–H groups in total. The summed E-state index contributed by atoms with van der Waals surface area (Å²) in [6.45, 7) is 2.36. The van der Waals surface area contributed by atoms with E-state index in [1.54, 1.807) is 0 Å². The molecule has 0 fully saturated rings. The minimum absolute atomic E-state index is 0. The van der Waals surface area contributed by atoms with Crippen molar-refractivity contribution in [3.8, 4) is 0 Å². The van der Waals surface area contributed by atoms with Gasteiger partial charge in [-0.25, -0.2) is 0 Å². The van der Waals surface area contributed by atoms with Gasteiger partial charge in [0, 0.05) is 24.2 Å².